The number of hydrogen-bond acceptors (Lipinski definition) is 2. The fourth-order valence-corrected chi connectivity index (χ4v) is 1.23. The van der Waals surface area contributed by atoms with Crippen molar-refractivity contribution in [1.29, 1.82) is 0 Å². The van der Waals surface area contributed by atoms with Gasteiger partial charge in [0.2, 0.25) is 0 Å². The van der Waals surface area contributed by atoms with Crippen LogP contribution in [0.2, 0.25) is 0 Å². The quantitative estimate of drug-likeness (QED) is 0.621. The van der Waals surface area contributed by atoms with Crippen LogP contribution < -0.4 is 0 Å². The molecule has 0 aromatic rings. The highest BCUT2D eigenvalue weighted by Gasteiger charge is 2.10. The van der Waals surface area contributed by atoms with Crippen LogP contribution in [0.15, 0.2) is 24.0 Å². The first kappa shape index (κ1) is 10.0. The zero-order chi connectivity index (χ0) is 9.68. The largest absolute Gasteiger partial charge is 0.497 e. The lowest BCUT2D eigenvalue weighted by molar-refractivity contribution is -0.115. The maximum Gasteiger partial charge on any atom is 0.159 e. The van der Waals surface area contributed by atoms with Crippen LogP contribution in [0.4, 0.5) is 0 Å². The molecule has 1 aliphatic rings. The molecule has 0 aliphatic heterocycles. The number of rotatable bonds is 4. The van der Waals surface area contributed by atoms with Crippen molar-refractivity contribution in [3.8, 4) is 0 Å². The van der Waals surface area contributed by atoms with Gasteiger partial charge in [-0.15, -0.1) is 6.58 Å². The Morgan fingerprint density at radius 1 is 1.62 bits per heavy atom. The van der Waals surface area contributed by atoms with E-state index in [0.717, 1.165) is 30.6 Å². The Morgan fingerprint density at radius 2 is 2.38 bits per heavy atom. The first-order valence-electron chi connectivity index (χ1n) is 4.69. The number of allylic oxidation sites excluding steroid dienone is 2. The van der Waals surface area contributed by atoms with Crippen LogP contribution in [0.25, 0.3) is 0 Å². The van der Waals surface area contributed by atoms with E-state index < -0.39 is 0 Å². The molecule has 0 saturated carbocycles. The summed E-state index contributed by atoms with van der Waals surface area (Å²) in [6.07, 6.45) is 5.00. The minimum Gasteiger partial charge on any atom is -0.497 e. The summed E-state index contributed by atoms with van der Waals surface area (Å²) >= 11 is 0. The van der Waals surface area contributed by atoms with E-state index in [9.17, 15) is 4.79 Å². The highest BCUT2D eigenvalue weighted by atomic mass is 16.5. The number of ketones is 1. The molecule has 0 saturated heterocycles. The maximum atomic E-state index is 11.0. The zero-order valence-electron chi connectivity index (χ0n) is 8.14. The molecule has 0 atom stereocenters. The average molecular weight is 180 g/mol. The summed E-state index contributed by atoms with van der Waals surface area (Å²) in [6.45, 7) is 6.41. The second kappa shape index (κ2) is 4.85. The van der Waals surface area contributed by atoms with Gasteiger partial charge in [0, 0.05) is 25.3 Å². The van der Waals surface area contributed by atoms with Crippen molar-refractivity contribution >= 4 is 5.78 Å². The highest BCUT2D eigenvalue weighted by Crippen LogP contribution is 2.16. The fraction of sp³-hybridized carbons (Fsp3) is 0.545. The van der Waals surface area contributed by atoms with Gasteiger partial charge in [0.1, 0.15) is 0 Å². The summed E-state index contributed by atoms with van der Waals surface area (Å²) in [5, 5.41) is 0. The van der Waals surface area contributed by atoms with Crippen molar-refractivity contribution in [3.05, 3.63) is 24.0 Å². The van der Waals surface area contributed by atoms with Gasteiger partial charge in [0.05, 0.1) is 12.4 Å². The van der Waals surface area contributed by atoms with Crippen molar-refractivity contribution in [1.82, 2.24) is 0 Å². The Labute approximate surface area is 79.3 Å². The molecule has 13 heavy (non-hydrogen) atoms. The van der Waals surface area contributed by atoms with Crippen LogP contribution >= 0.6 is 0 Å². The molecule has 72 valence electrons. The predicted molar refractivity (Wildman–Crippen MR) is 52.3 cm³/mol. The van der Waals surface area contributed by atoms with Gasteiger partial charge < -0.3 is 4.74 Å². The summed E-state index contributed by atoms with van der Waals surface area (Å²) in [5.41, 5.74) is 1.11. The first-order valence-corrected chi connectivity index (χ1v) is 4.69. The van der Waals surface area contributed by atoms with Crippen LogP contribution in [0.3, 0.4) is 0 Å². The van der Waals surface area contributed by atoms with Gasteiger partial charge in [-0.05, 0) is 13.3 Å². The summed E-state index contributed by atoms with van der Waals surface area (Å²) in [4.78, 5) is 11.0. The number of hydrogen-bond donors (Lipinski definition) is 0. The molecule has 0 amide bonds. The van der Waals surface area contributed by atoms with Gasteiger partial charge in [-0.1, -0.05) is 5.57 Å². The van der Waals surface area contributed by atoms with E-state index in [4.69, 9.17) is 4.74 Å². The van der Waals surface area contributed by atoms with Crippen LogP contribution in [-0.4, -0.2) is 12.4 Å². The Hall–Kier alpha value is -1.05. The molecule has 1 rings (SSSR count). The third kappa shape index (κ3) is 3.92. The second-order valence-corrected chi connectivity index (χ2v) is 3.49. The molecular formula is C11H16O2. The number of carbonyl (C=O) groups excluding carboxylic acids is 1. The fourth-order valence-electron chi connectivity index (χ4n) is 1.23. The van der Waals surface area contributed by atoms with Crippen molar-refractivity contribution in [2.75, 3.05) is 6.61 Å². The Morgan fingerprint density at radius 3 is 3.00 bits per heavy atom. The summed E-state index contributed by atoms with van der Waals surface area (Å²) < 4.78 is 5.44. The van der Waals surface area contributed by atoms with Gasteiger partial charge in [-0.2, -0.15) is 0 Å². The van der Waals surface area contributed by atoms with Gasteiger partial charge in [-0.3, -0.25) is 4.79 Å². The molecular weight excluding hydrogens is 164 g/mol. The first-order chi connectivity index (χ1) is 6.18. The van der Waals surface area contributed by atoms with E-state index in [0.29, 0.717) is 13.0 Å². The Bertz CT molecular complexity index is 238. The third-order valence-corrected chi connectivity index (χ3v) is 1.98. The minimum absolute atomic E-state index is 0.191. The van der Waals surface area contributed by atoms with E-state index in [1.165, 1.54) is 0 Å². The van der Waals surface area contributed by atoms with Crippen molar-refractivity contribution < 1.29 is 9.53 Å². The van der Waals surface area contributed by atoms with Crippen LogP contribution in [0, 0.1) is 0 Å². The third-order valence-electron chi connectivity index (χ3n) is 1.98. The number of ether oxygens (including phenoxy) is 1. The van der Waals surface area contributed by atoms with Gasteiger partial charge >= 0.3 is 0 Å². The molecule has 0 heterocycles. The van der Waals surface area contributed by atoms with E-state index in [1.807, 2.05) is 6.92 Å². The molecule has 0 fully saturated rings. The van der Waals surface area contributed by atoms with E-state index in [-0.39, 0.29) is 5.78 Å². The summed E-state index contributed by atoms with van der Waals surface area (Å²) in [7, 11) is 0. The molecule has 1 aliphatic carbocycles. The topological polar surface area (TPSA) is 26.3 Å². The van der Waals surface area contributed by atoms with Gasteiger partial charge in [-0.25, -0.2) is 0 Å². The zero-order valence-corrected chi connectivity index (χ0v) is 8.14. The second-order valence-electron chi connectivity index (χ2n) is 3.49. The molecule has 0 N–H and O–H groups in total. The summed E-state index contributed by atoms with van der Waals surface area (Å²) in [5.74, 6) is 1.04. The van der Waals surface area contributed by atoms with Crippen LogP contribution in [-0.2, 0) is 9.53 Å². The van der Waals surface area contributed by atoms with Gasteiger partial charge in [0.25, 0.3) is 0 Å². The van der Waals surface area contributed by atoms with E-state index in [1.54, 1.807) is 6.08 Å². The highest BCUT2D eigenvalue weighted by molar-refractivity contribution is 5.90. The minimum atomic E-state index is 0.191. The summed E-state index contributed by atoms with van der Waals surface area (Å²) in [6, 6.07) is 0. The standard InChI is InChI=1S/C11H16O2/c1-9(2)6-7-13-11-5-3-4-10(12)8-11/h8H,1,3-7H2,2H3. The lowest BCUT2D eigenvalue weighted by Gasteiger charge is -2.13. The Balaban J connectivity index is 2.28. The smallest absolute Gasteiger partial charge is 0.159 e. The van der Waals surface area contributed by atoms with E-state index in [2.05, 4.69) is 6.58 Å². The molecule has 0 aromatic carbocycles. The van der Waals surface area contributed by atoms with E-state index >= 15 is 0 Å². The molecule has 0 radical (unpaired) electrons. The molecule has 0 unspecified atom stereocenters. The Kier molecular flexibility index (Phi) is 3.74. The molecule has 0 bridgehead atoms. The van der Waals surface area contributed by atoms with Gasteiger partial charge in [0.15, 0.2) is 5.78 Å². The lowest BCUT2D eigenvalue weighted by Crippen LogP contribution is -2.06. The predicted octanol–water partition coefficient (Wildman–Crippen LogP) is 2.61. The monoisotopic (exact) mass is 180 g/mol. The molecule has 2 nitrogen and oxygen atoms in total. The average Bonchev–Trinajstić information content (AvgIpc) is 2.03. The van der Waals surface area contributed by atoms with Crippen molar-refractivity contribution in [3.63, 3.8) is 0 Å². The van der Waals surface area contributed by atoms with Crippen LogP contribution in [0.1, 0.15) is 32.6 Å². The molecule has 2 heteroatoms. The lowest BCUT2D eigenvalue weighted by atomic mass is 10.1. The molecule has 0 spiro atoms. The molecule has 0 aromatic heterocycles. The van der Waals surface area contributed by atoms with Crippen molar-refractivity contribution in [2.24, 2.45) is 0 Å². The van der Waals surface area contributed by atoms with Crippen molar-refractivity contribution in [2.45, 2.75) is 32.6 Å². The maximum absolute atomic E-state index is 11.0. The van der Waals surface area contributed by atoms with Crippen LogP contribution in [0.5, 0.6) is 0 Å². The SMILES string of the molecule is C=C(C)CCOC1=CC(=O)CCC1. The normalized spacial score (nSPS) is 16.7. The number of carbonyl (C=O) groups is 1.